The fourth-order valence-corrected chi connectivity index (χ4v) is 2.23. The fourth-order valence-electron chi connectivity index (χ4n) is 1.56. The van der Waals surface area contributed by atoms with Crippen molar-refractivity contribution in [2.24, 2.45) is 5.73 Å². The van der Waals surface area contributed by atoms with Crippen LogP contribution >= 0.6 is 27.5 Å². The monoisotopic (exact) mass is 287 g/mol. The third kappa shape index (κ3) is 2.36. The molecule has 0 aromatic heterocycles. The van der Waals surface area contributed by atoms with E-state index in [1.807, 2.05) is 24.3 Å². The normalized spacial score (nSPS) is 17.1. The van der Waals surface area contributed by atoms with Gasteiger partial charge in [0.1, 0.15) is 5.76 Å². The van der Waals surface area contributed by atoms with Crippen molar-refractivity contribution in [2.45, 2.75) is 12.5 Å². The maximum atomic E-state index is 6.09. The standard InChI is InChI=1S/C11H11BrClNO/c12-9-4-3-7(13)6-8(9)11(14)10-2-1-5-15-10/h2-4,6,11H,1,5,14H2. The number of hydrogen-bond donors (Lipinski definition) is 1. The fraction of sp³-hybridized carbons (Fsp3) is 0.273. The number of hydrogen-bond acceptors (Lipinski definition) is 2. The Kier molecular flexibility index (Phi) is 3.34. The summed E-state index contributed by atoms with van der Waals surface area (Å²) in [5.41, 5.74) is 7.04. The van der Waals surface area contributed by atoms with E-state index in [1.54, 1.807) is 0 Å². The third-order valence-electron chi connectivity index (χ3n) is 2.33. The first kappa shape index (κ1) is 11.0. The molecule has 2 nitrogen and oxygen atoms in total. The third-order valence-corrected chi connectivity index (χ3v) is 3.29. The molecule has 0 saturated carbocycles. The van der Waals surface area contributed by atoms with E-state index in [0.29, 0.717) is 5.02 Å². The van der Waals surface area contributed by atoms with E-state index in [1.165, 1.54) is 0 Å². The van der Waals surface area contributed by atoms with Crippen LogP contribution in [-0.4, -0.2) is 6.61 Å². The molecule has 2 rings (SSSR count). The molecule has 1 aliphatic rings. The van der Waals surface area contributed by atoms with Crippen molar-refractivity contribution in [3.8, 4) is 0 Å². The van der Waals surface area contributed by atoms with Crippen LogP contribution in [0.4, 0.5) is 0 Å². The van der Waals surface area contributed by atoms with Crippen LogP contribution in [0.5, 0.6) is 0 Å². The van der Waals surface area contributed by atoms with E-state index in [9.17, 15) is 0 Å². The summed E-state index contributed by atoms with van der Waals surface area (Å²) in [6.45, 7) is 0.723. The van der Waals surface area contributed by atoms with E-state index in [-0.39, 0.29) is 6.04 Å². The number of nitrogens with two attached hydrogens (primary N) is 1. The van der Waals surface area contributed by atoms with Gasteiger partial charge in [-0.1, -0.05) is 27.5 Å². The van der Waals surface area contributed by atoms with Gasteiger partial charge in [-0.25, -0.2) is 0 Å². The van der Waals surface area contributed by atoms with Crippen LogP contribution in [0, 0.1) is 0 Å². The molecule has 0 saturated heterocycles. The van der Waals surface area contributed by atoms with Crippen LogP contribution in [0.2, 0.25) is 5.02 Å². The highest BCUT2D eigenvalue weighted by Crippen LogP contribution is 2.31. The van der Waals surface area contributed by atoms with Crippen LogP contribution < -0.4 is 5.73 Å². The lowest BCUT2D eigenvalue weighted by atomic mass is 10.1. The highest BCUT2D eigenvalue weighted by molar-refractivity contribution is 9.10. The summed E-state index contributed by atoms with van der Waals surface area (Å²) >= 11 is 9.39. The summed E-state index contributed by atoms with van der Waals surface area (Å²) in [6, 6.07) is 5.35. The minimum atomic E-state index is -0.236. The molecule has 80 valence electrons. The van der Waals surface area contributed by atoms with E-state index < -0.39 is 0 Å². The Hall–Kier alpha value is -0.510. The molecule has 0 fully saturated rings. The van der Waals surface area contributed by atoms with Crippen molar-refractivity contribution in [3.05, 3.63) is 45.1 Å². The van der Waals surface area contributed by atoms with Crippen molar-refractivity contribution in [2.75, 3.05) is 6.61 Å². The smallest absolute Gasteiger partial charge is 0.113 e. The Bertz CT molecular complexity index is 406. The maximum absolute atomic E-state index is 6.09. The topological polar surface area (TPSA) is 35.2 Å². The Morgan fingerprint density at radius 2 is 2.27 bits per heavy atom. The van der Waals surface area contributed by atoms with Gasteiger partial charge in [-0.3, -0.25) is 0 Å². The molecule has 2 N–H and O–H groups in total. The number of halogens is 2. The molecule has 1 aromatic rings. The highest BCUT2D eigenvalue weighted by atomic mass is 79.9. The SMILES string of the molecule is NC(C1=CCCO1)c1cc(Cl)ccc1Br. The Balaban J connectivity index is 2.31. The molecule has 1 aliphatic heterocycles. The van der Waals surface area contributed by atoms with Crippen molar-refractivity contribution >= 4 is 27.5 Å². The molecule has 0 spiro atoms. The van der Waals surface area contributed by atoms with Crippen molar-refractivity contribution in [3.63, 3.8) is 0 Å². The minimum Gasteiger partial charge on any atom is -0.496 e. The Labute approximate surface area is 102 Å². The van der Waals surface area contributed by atoms with Gasteiger partial charge >= 0.3 is 0 Å². The highest BCUT2D eigenvalue weighted by Gasteiger charge is 2.18. The molecule has 1 unspecified atom stereocenters. The second-order valence-electron chi connectivity index (χ2n) is 3.39. The van der Waals surface area contributed by atoms with Gasteiger partial charge < -0.3 is 10.5 Å². The van der Waals surface area contributed by atoms with Gasteiger partial charge in [0.05, 0.1) is 12.6 Å². The lowest BCUT2D eigenvalue weighted by Gasteiger charge is -2.15. The average molecular weight is 289 g/mol. The Morgan fingerprint density at radius 3 is 2.93 bits per heavy atom. The minimum absolute atomic E-state index is 0.236. The molecule has 0 aliphatic carbocycles. The predicted molar refractivity (Wildman–Crippen MR) is 64.7 cm³/mol. The van der Waals surface area contributed by atoms with Gasteiger partial charge in [-0.15, -0.1) is 0 Å². The summed E-state index contributed by atoms with van der Waals surface area (Å²) in [5, 5.41) is 0.683. The lowest BCUT2D eigenvalue weighted by Crippen LogP contribution is -2.14. The van der Waals surface area contributed by atoms with Crippen LogP contribution in [0.15, 0.2) is 34.5 Å². The zero-order chi connectivity index (χ0) is 10.8. The molecule has 0 amide bonds. The van der Waals surface area contributed by atoms with E-state index in [4.69, 9.17) is 22.1 Å². The van der Waals surface area contributed by atoms with E-state index >= 15 is 0 Å². The summed E-state index contributed by atoms with van der Waals surface area (Å²) in [4.78, 5) is 0. The maximum Gasteiger partial charge on any atom is 0.113 e. The summed E-state index contributed by atoms with van der Waals surface area (Å²) in [5.74, 6) is 0.831. The van der Waals surface area contributed by atoms with Crippen molar-refractivity contribution in [1.29, 1.82) is 0 Å². The molecule has 0 bridgehead atoms. The lowest BCUT2D eigenvalue weighted by molar-refractivity contribution is 0.225. The molecule has 1 heterocycles. The first-order valence-electron chi connectivity index (χ1n) is 4.72. The molecule has 1 atom stereocenters. The predicted octanol–water partition coefficient (Wildman–Crippen LogP) is 3.41. The van der Waals surface area contributed by atoms with Crippen LogP contribution in [-0.2, 0) is 4.74 Å². The molecule has 4 heteroatoms. The van der Waals surface area contributed by atoms with Crippen molar-refractivity contribution < 1.29 is 4.74 Å². The van der Waals surface area contributed by atoms with Crippen LogP contribution in [0.1, 0.15) is 18.0 Å². The number of ether oxygens (including phenoxy) is 1. The summed E-state index contributed by atoms with van der Waals surface area (Å²) in [6.07, 6.45) is 2.96. The average Bonchev–Trinajstić information content (AvgIpc) is 2.74. The quantitative estimate of drug-likeness (QED) is 0.905. The van der Waals surface area contributed by atoms with Gasteiger partial charge in [0.2, 0.25) is 0 Å². The first-order valence-corrected chi connectivity index (χ1v) is 5.89. The second kappa shape index (κ2) is 4.56. The second-order valence-corrected chi connectivity index (χ2v) is 4.68. The molecule has 15 heavy (non-hydrogen) atoms. The zero-order valence-corrected chi connectivity index (χ0v) is 10.4. The van der Waals surface area contributed by atoms with Gasteiger partial charge in [0, 0.05) is 15.9 Å². The van der Waals surface area contributed by atoms with Crippen LogP contribution in [0.3, 0.4) is 0 Å². The molecule has 0 radical (unpaired) electrons. The van der Waals surface area contributed by atoms with E-state index in [2.05, 4.69) is 15.9 Å². The van der Waals surface area contributed by atoms with Gasteiger partial charge in [0.15, 0.2) is 0 Å². The Morgan fingerprint density at radius 1 is 1.47 bits per heavy atom. The summed E-state index contributed by atoms with van der Waals surface area (Å²) in [7, 11) is 0. The van der Waals surface area contributed by atoms with Gasteiger partial charge in [0.25, 0.3) is 0 Å². The van der Waals surface area contributed by atoms with Crippen molar-refractivity contribution in [1.82, 2.24) is 0 Å². The molecule has 1 aromatic carbocycles. The molecular weight excluding hydrogens is 277 g/mol. The van der Waals surface area contributed by atoms with Crippen LogP contribution in [0.25, 0.3) is 0 Å². The number of benzene rings is 1. The van der Waals surface area contributed by atoms with E-state index in [0.717, 1.165) is 28.8 Å². The van der Waals surface area contributed by atoms with Gasteiger partial charge in [-0.2, -0.15) is 0 Å². The zero-order valence-electron chi connectivity index (χ0n) is 8.04. The number of rotatable bonds is 2. The summed E-state index contributed by atoms with van der Waals surface area (Å²) < 4.78 is 6.39. The first-order chi connectivity index (χ1) is 7.18. The molecular formula is C11H11BrClNO. The largest absolute Gasteiger partial charge is 0.496 e. The van der Waals surface area contributed by atoms with Gasteiger partial charge in [-0.05, 0) is 29.8 Å².